The number of rotatable bonds is 5. The van der Waals surface area contributed by atoms with Gasteiger partial charge in [-0.25, -0.2) is 0 Å². The lowest BCUT2D eigenvalue weighted by Crippen LogP contribution is -2.16. The van der Waals surface area contributed by atoms with Crippen LogP contribution >= 0.6 is 0 Å². The van der Waals surface area contributed by atoms with Crippen molar-refractivity contribution in [3.8, 4) is 22.8 Å². The van der Waals surface area contributed by atoms with Gasteiger partial charge in [-0.2, -0.15) is 13.5 Å². The van der Waals surface area contributed by atoms with Crippen molar-refractivity contribution in [2.45, 2.75) is 4.90 Å². The highest BCUT2D eigenvalue weighted by atomic mass is 32.2. The van der Waals surface area contributed by atoms with Gasteiger partial charge < -0.3 is 15.2 Å². The average Bonchev–Trinajstić information content (AvgIpc) is 3.04. The second-order valence-corrected chi connectivity index (χ2v) is 6.98. The molecule has 25 heavy (non-hydrogen) atoms. The maximum absolute atomic E-state index is 12.7. The minimum atomic E-state index is -3.87. The predicted octanol–water partition coefficient (Wildman–Crippen LogP) is 2.39. The number of anilines is 1. The second kappa shape index (κ2) is 6.48. The number of ether oxygens (including phenoxy) is 2. The quantitative estimate of drug-likeness (QED) is 0.751. The van der Waals surface area contributed by atoms with Crippen LogP contribution in [0.2, 0.25) is 0 Å². The molecule has 0 amide bonds. The summed E-state index contributed by atoms with van der Waals surface area (Å²) in [6.07, 6.45) is 0. The van der Waals surface area contributed by atoms with Gasteiger partial charge in [-0.05, 0) is 24.3 Å². The molecule has 130 valence electrons. The highest BCUT2D eigenvalue weighted by Gasteiger charge is 2.22. The van der Waals surface area contributed by atoms with E-state index in [1.54, 1.807) is 36.4 Å². The van der Waals surface area contributed by atoms with E-state index >= 15 is 0 Å². The molecule has 3 aromatic rings. The van der Waals surface area contributed by atoms with Gasteiger partial charge in [0.05, 0.1) is 24.8 Å². The molecular weight excluding hydrogens is 342 g/mol. The van der Waals surface area contributed by atoms with Crippen LogP contribution in [0.1, 0.15) is 0 Å². The lowest BCUT2D eigenvalue weighted by atomic mass is 10.1. The highest BCUT2D eigenvalue weighted by molar-refractivity contribution is 7.90. The Morgan fingerprint density at radius 1 is 0.960 bits per heavy atom. The molecular formula is C17H17N3O4S. The zero-order valence-electron chi connectivity index (χ0n) is 13.7. The van der Waals surface area contributed by atoms with Crippen molar-refractivity contribution in [1.82, 2.24) is 9.19 Å². The largest absolute Gasteiger partial charge is 0.497 e. The molecule has 0 radical (unpaired) electrons. The number of nitrogen functional groups attached to an aromatic ring is 1. The van der Waals surface area contributed by atoms with Crippen LogP contribution in [0.3, 0.4) is 0 Å². The third-order valence-corrected chi connectivity index (χ3v) is 5.24. The van der Waals surface area contributed by atoms with Crippen LogP contribution < -0.4 is 15.2 Å². The topological polar surface area (TPSA) is 96.4 Å². The van der Waals surface area contributed by atoms with E-state index in [1.807, 2.05) is 0 Å². The summed E-state index contributed by atoms with van der Waals surface area (Å²) in [5.41, 5.74) is 6.93. The molecule has 8 heteroatoms. The summed E-state index contributed by atoms with van der Waals surface area (Å²) in [6, 6.07) is 14.7. The Kier molecular flexibility index (Phi) is 4.37. The molecule has 3 rings (SSSR count). The van der Waals surface area contributed by atoms with Gasteiger partial charge in [-0.15, -0.1) is 4.09 Å². The highest BCUT2D eigenvalue weighted by Crippen LogP contribution is 2.30. The van der Waals surface area contributed by atoms with Crippen molar-refractivity contribution < 1.29 is 17.9 Å². The van der Waals surface area contributed by atoms with E-state index in [0.29, 0.717) is 22.8 Å². The molecule has 0 fully saturated rings. The standard InChI is InChI=1S/C17H17N3O4S/c1-23-13-8-12(9-14(10-13)24-2)16-11-17(18)20(19-16)25(21,22)15-6-4-3-5-7-15/h3-11H,18H2,1-2H3. The molecule has 0 aliphatic heterocycles. The molecule has 0 unspecified atom stereocenters. The van der Waals surface area contributed by atoms with Gasteiger partial charge in [0, 0.05) is 17.7 Å². The molecule has 2 aromatic carbocycles. The zero-order chi connectivity index (χ0) is 18.0. The fraction of sp³-hybridized carbons (Fsp3) is 0.118. The number of aromatic nitrogens is 2. The first kappa shape index (κ1) is 16.8. The van der Waals surface area contributed by atoms with Crippen molar-refractivity contribution >= 4 is 15.8 Å². The molecule has 2 N–H and O–H groups in total. The van der Waals surface area contributed by atoms with Crippen molar-refractivity contribution in [3.05, 3.63) is 54.6 Å². The van der Waals surface area contributed by atoms with Gasteiger partial charge in [-0.1, -0.05) is 18.2 Å². The van der Waals surface area contributed by atoms with Gasteiger partial charge in [-0.3, -0.25) is 0 Å². The Labute approximate surface area is 145 Å². The monoisotopic (exact) mass is 359 g/mol. The second-order valence-electron chi connectivity index (χ2n) is 5.22. The number of methoxy groups -OCH3 is 2. The van der Waals surface area contributed by atoms with Crippen LogP contribution in [0.25, 0.3) is 11.3 Å². The minimum absolute atomic E-state index is 0.0145. The lowest BCUT2D eigenvalue weighted by molar-refractivity contribution is 0.394. The number of nitrogens with zero attached hydrogens (tertiary/aromatic N) is 2. The van der Waals surface area contributed by atoms with E-state index in [1.165, 1.54) is 32.4 Å². The molecule has 1 aromatic heterocycles. The van der Waals surface area contributed by atoms with Gasteiger partial charge in [0.1, 0.15) is 17.3 Å². The van der Waals surface area contributed by atoms with E-state index in [-0.39, 0.29) is 10.7 Å². The number of benzene rings is 2. The molecule has 0 bridgehead atoms. The first-order chi connectivity index (χ1) is 12.0. The van der Waals surface area contributed by atoms with Crippen LogP contribution in [0.15, 0.2) is 59.5 Å². The maximum Gasteiger partial charge on any atom is 0.284 e. The van der Waals surface area contributed by atoms with Gasteiger partial charge in [0.2, 0.25) is 0 Å². The number of hydrogen-bond acceptors (Lipinski definition) is 6. The normalized spacial score (nSPS) is 11.3. The van der Waals surface area contributed by atoms with Gasteiger partial charge in [0.15, 0.2) is 0 Å². The molecule has 1 heterocycles. The lowest BCUT2D eigenvalue weighted by Gasteiger charge is -2.07. The summed E-state index contributed by atoms with van der Waals surface area (Å²) in [5.74, 6) is 1.14. The van der Waals surface area contributed by atoms with Crippen molar-refractivity contribution in [3.63, 3.8) is 0 Å². The fourth-order valence-electron chi connectivity index (χ4n) is 2.36. The third-order valence-electron chi connectivity index (χ3n) is 3.62. The van der Waals surface area contributed by atoms with E-state index in [4.69, 9.17) is 15.2 Å². The van der Waals surface area contributed by atoms with Crippen LogP contribution in [-0.2, 0) is 10.0 Å². The Hall–Kier alpha value is -3.00. The summed E-state index contributed by atoms with van der Waals surface area (Å²) in [5, 5.41) is 4.17. The SMILES string of the molecule is COc1cc(OC)cc(-c2cc(N)n(S(=O)(=O)c3ccccc3)n2)c1. The summed E-state index contributed by atoms with van der Waals surface area (Å²) >= 11 is 0. The molecule has 0 saturated heterocycles. The first-order valence-corrected chi connectivity index (χ1v) is 8.79. The number of nitrogens with two attached hydrogens (primary N) is 1. The van der Waals surface area contributed by atoms with Crippen LogP contribution in [0.5, 0.6) is 11.5 Å². The van der Waals surface area contributed by atoms with Crippen LogP contribution in [-0.4, -0.2) is 31.8 Å². The smallest absolute Gasteiger partial charge is 0.284 e. The molecule has 0 aliphatic carbocycles. The molecule has 0 spiro atoms. The van der Waals surface area contributed by atoms with Crippen molar-refractivity contribution in [2.24, 2.45) is 0 Å². The summed E-state index contributed by atoms with van der Waals surface area (Å²) < 4.78 is 36.7. The van der Waals surface area contributed by atoms with E-state index in [2.05, 4.69) is 5.10 Å². The first-order valence-electron chi connectivity index (χ1n) is 7.35. The van der Waals surface area contributed by atoms with Gasteiger partial charge >= 0.3 is 0 Å². The van der Waals surface area contributed by atoms with E-state index < -0.39 is 10.0 Å². The minimum Gasteiger partial charge on any atom is -0.497 e. The molecule has 0 atom stereocenters. The Morgan fingerprint density at radius 2 is 1.56 bits per heavy atom. The average molecular weight is 359 g/mol. The van der Waals surface area contributed by atoms with Crippen molar-refractivity contribution in [2.75, 3.05) is 20.0 Å². The van der Waals surface area contributed by atoms with Crippen LogP contribution in [0.4, 0.5) is 5.82 Å². The van der Waals surface area contributed by atoms with E-state index in [0.717, 1.165) is 4.09 Å². The van der Waals surface area contributed by atoms with Crippen molar-refractivity contribution in [1.29, 1.82) is 0 Å². The van der Waals surface area contributed by atoms with Gasteiger partial charge in [0.25, 0.3) is 10.0 Å². The molecule has 0 aliphatic rings. The third kappa shape index (κ3) is 3.16. The fourth-order valence-corrected chi connectivity index (χ4v) is 3.59. The maximum atomic E-state index is 12.7. The number of hydrogen-bond donors (Lipinski definition) is 1. The summed E-state index contributed by atoms with van der Waals surface area (Å²) in [6.45, 7) is 0. The van der Waals surface area contributed by atoms with Crippen LogP contribution in [0, 0.1) is 0 Å². The summed E-state index contributed by atoms with van der Waals surface area (Å²) in [4.78, 5) is 0.111. The molecule has 7 nitrogen and oxygen atoms in total. The predicted molar refractivity (Wildman–Crippen MR) is 94.2 cm³/mol. The zero-order valence-corrected chi connectivity index (χ0v) is 14.5. The van der Waals surface area contributed by atoms with E-state index in [9.17, 15) is 8.42 Å². The Morgan fingerprint density at radius 3 is 2.12 bits per heavy atom. The summed E-state index contributed by atoms with van der Waals surface area (Å²) in [7, 11) is -0.804. The Balaban J connectivity index is 2.10. The Bertz CT molecular complexity index is 976. The molecule has 0 saturated carbocycles.